The highest BCUT2D eigenvalue weighted by molar-refractivity contribution is 7.80. The van der Waals surface area contributed by atoms with Gasteiger partial charge in [-0.1, -0.05) is 24.6 Å². The largest absolute Gasteiger partial charge is 0.502 e. The Labute approximate surface area is 124 Å². The van der Waals surface area contributed by atoms with E-state index in [4.69, 9.17) is 17.3 Å². The lowest BCUT2D eigenvalue weighted by atomic mass is 9.73. The number of thiocarbonyl (C=S) groups is 1. The van der Waals surface area contributed by atoms with Crippen molar-refractivity contribution in [3.63, 3.8) is 0 Å². The van der Waals surface area contributed by atoms with Crippen LogP contribution in [-0.2, 0) is 0 Å². The maximum atomic E-state index is 9.05. The molecule has 0 saturated carbocycles. The fraction of sp³-hybridized carbons (Fsp3) is 0.588. The standard InChI is InChI=1S/C17H28OS/c1-4-7-9-14-17(12-5-2,13-6-3)15-10-8-11-16(18)19/h4-6H,1-3,7-15H2,(H,18,19). The molecule has 0 aliphatic carbocycles. The summed E-state index contributed by atoms with van der Waals surface area (Å²) < 4.78 is 0. The number of allylic oxidation sites excluding steroid dienone is 3. The Morgan fingerprint density at radius 1 is 0.947 bits per heavy atom. The van der Waals surface area contributed by atoms with Gasteiger partial charge in [0.15, 0.2) is 5.05 Å². The molecule has 2 heteroatoms. The molecule has 0 aromatic carbocycles. The van der Waals surface area contributed by atoms with E-state index in [1.165, 1.54) is 12.8 Å². The molecule has 0 saturated heterocycles. The quantitative estimate of drug-likeness (QED) is 0.256. The monoisotopic (exact) mass is 280 g/mol. The van der Waals surface area contributed by atoms with E-state index >= 15 is 0 Å². The summed E-state index contributed by atoms with van der Waals surface area (Å²) in [6.07, 6.45) is 15.3. The SMILES string of the molecule is C=CCCCC(CC=C)(CC=C)CCCCC(O)=S. The molecule has 0 atom stereocenters. The molecule has 0 radical (unpaired) electrons. The molecule has 0 heterocycles. The number of unbranched alkanes of at least 4 members (excludes halogenated alkanes) is 2. The van der Waals surface area contributed by atoms with Crippen molar-refractivity contribution in [1.82, 2.24) is 0 Å². The predicted octanol–water partition coefficient (Wildman–Crippen LogP) is 5.93. The van der Waals surface area contributed by atoms with Crippen molar-refractivity contribution in [2.45, 2.75) is 57.8 Å². The third-order valence-corrected chi connectivity index (χ3v) is 3.82. The van der Waals surface area contributed by atoms with Gasteiger partial charge in [0.25, 0.3) is 0 Å². The Morgan fingerprint density at radius 2 is 1.53 bits per heavy atom. The molecule has 0 aromatic rings. The van der Waals surface area contributed by atoms with E-state index in [1.54, 1.807) is 0 Å². The average Bonchev–Trinajstić information content (AvgIpc) is 2.35. The summed E-state index contributed by atoms with van der Waals surface area (Å²) in [5, 5.41) is 9.18. The summed E-state index contributed by atoms with van der Waals surface area (Å²) in [5.74, 6) is 0. The molecular weight excluding hydrogens is 252 g/mol. The van der Waals surface area contributed by atoms with Crippen LogP contribution < -0.4 is 0 Å². The van der Waals surface area contributed by atoms with E-state index in [9.17, 15) is 0 Å². The van der Waals surface area contributed by atoms with Gasteiger partial charge in [-0.2, -0.15) is 0 Å². The molecule has 108 valence electrons. The van der Waals surface area contributed by atoms with Crippen LogP contribution in [0.15, 0.2) is 38.0 Å². The second-order valence-corrected chi connectivity index (χ2v) is 5.74. The fourth-order valence-corrected chi connectivity index (χ4v) is 2.77. The number of hydrogen-bond donors (Lipinski definition) is 1. The Balaban J connectivity index is 4.41. The van der Waals surface area contributed by atoms with Crippen LogP contribution in [0.4, 0.5) is 0 Å². The van der Waals surface area contributed by atoms with Crippen molar-refractivity contribution in [1.29, 1.82) is 0 Å². The zero-order chi connectivity index (χ0) is 14.6. The summed E-state index contributed by atoms with van der Waals surface area (Å²) in [4.78, 5) is 0. The molecule has 19 heavy (non-hydrogen) atoms. The van der Waals surface area contributed by atoms with Crippen LogP contribution in [0.2, 0.25) is 0 Å². The minimum Gasteiger partial charge on any atom is -0.502 e. The van der Waals surface area contributed by atoms with Gasteiger partial charge in [-0.05, 0) is 62.6 Å². The number of rotatable bonds is 13. The highest BCUT2D eigenvalue weighted by Crippen LogP contribution is 2.39. The second-order valence-electron chi connectivity index (χ2n) is 5.27. The first-order valence-electron chi connectivity index (χ1n) is 7.14. The van der Waals surface area contributed by atoms with Crippen LogP contribution in [-0.4, -0.2) is 10.2 Å². The van der Waals surface area contributed by atoms with Crippen molar-refractivity contribution in [2.24, 2.45) is 5.41 Å². The van der Waals surface area contributed by atoms with Gasteiger partial charge >= 0.3 is 0 Å². The van der Waals surface area contributed by atoms with Gasteiger partial charge in [0.2, 0.25) is 0 Å². The Hall–Kier alpha value is -0.890. The number of aliphatic hydroxyl groups excluding tert-OH is 1. The summed E-state index contributed by atoms with van der Waals surface area (Å²) in [6.45, 7) is 11.6. The van der Waals surface area contributed by atoms with Gasteiger partial charge in [0, 0.05) is 6.42 Å². The van der Waals surface area contributed by atoms with Crippen LogP contribution in [0.5, 0.6) is 0 Å². The van der Waals surface area contributed by atoms with Crippen molar-refractivity contribution < 1.29 is 5.11 Å². The van der Waals surface area contributed by atoms with Crippen molar-refractivity contribution in [3.05, 3.63) is 38.0 Å². The predicted molar refractivity (Wildman–Crippen MR) is 89.8 cm³/mol. The topological polar surface area (TPSA) is 20.2 Å². The highest BCUT2D eigenvalue weighted by Gasteiger charge is 2.26. The smallest absolute Gasteiger partial charge is 0.156 e. The van der Waals surface area contributed by atoms with Crippen molar-refractivity contribution in [2.75, 3.05) is 0 Å². The maximum Gasteiger partial charge on any atom is 0.156 e. The van der Waals surface area contributed by atoms with Crippen LogP contribution in [0, 0.1) is 5.41 Å². The zero-order valence-corrected chi connectivity index (χ0v) is 12.9. The van der Waals surface area contributed by atoms with E-state index in [-0.39, 0.29) is 10.5 Å². The molecule has 1 N–H and O–H groups in total. The minimum atomic E-state index is 0.129. The lowest BCUT2D eigenvalue weighted by Crippen LogP contribution is -2.19. The molecule has 0 aliphatic heterocycles. The van der Waals surface area contributed by atoms with Gasteiger partial charge < -0.3 is 5.11 Å². The van der Waals surface area contributed by atoms with Gasteiger partial charge in [0.1, 0.15) is 0 Å². The minimum absolute atomic E-state index is 0.129. The normalized spacial score (nSPS) is 10.9. The molecular formula is C17H28OS. The first kappa shape index (κ1) is 18.1. The molecule has 0 unspecified atom stereocenters. The van der Waals surface area contributed by atoms with Gasteiger partial charge in [-0.3, -0.25) is 0 Å². The third kappa shape index (κ3) is 8.77. The van der Waals surface area contributed by atoms with E-state index < -0.39 is 0 Å². The molecule has 0 spiro atoms. The molecule has 0 rings (SSSR count). The molecule has 0 bridgehead atoms. The number of hydrogen-bond acceptors (Lipinski definition) is 1. The molecule has 0 aromatic heterocycles. The zero-order valence-electron chi connectivity index (χ0n) is 12.1. The van der Waals surface area contributed by atoms with Crippen molar-refractivity contribution >= 4 is 17.3 Å². The summed E-state index contributed by atoms with van der Waals surface area (Å²) in [6, 6.07) is 0. The van der Waals surface area contributed by atoms with E-state index in [2.05, 4.69) is 19.7 Å². The Kier molecular flexibility index (Phi) is 10.5. The third-order valence-electron chi connectivity index (χ3n) is 3.62. The van der Waals surface area contributed by atoms with Crippen LogP contribution in [0.25, 0.3) is 0 Å². The Morgan fingerprint density at radius 3 is 2.00 bits per heavy atom. The lowest BCUT2D eigenvalue weighted by molar-refractivity contribution is 0.231. The van der Waals surface area contributed by atoms with Crippen molar-refractivity contribution in [3.8, 4) is 0 Å². The number of aliphatic hydroxyl groups is 1. The second kappa shape index (κ2) is 11.0. The van der Waals surface area contributed by atoms with Gasteiger partial charge in [-0.25, -0.2) is 0 Å². The van der Waals surface area contributed by atoms with E-state index in [0.29, 0.717) is 6.42 Å². The Bertz CT molecular complexity index is 284. The molecule has 0 fully saturated rings. The summed E-state index contributed by atoms with van der Waals surface area (Å²) >= 11 is 4.70. The molecule has 0 aliphatic rings. The van der Waals surface area contributed by atoms with Gasteiger partial charge in [0.05, 0.1) is 0 Å². The van der Waals surface area contributed by atoms with Crippen LogP contribution in [0.1, 0.15) is 57.8 Å². The molecule has 0 amide bonds. The first-order chi connectivity index (χ1) is 9.10. The summed E-state index contributed by atoms with van der Waals surface area (Å²) in [7, 11) is 0. The lowest BCUT2D eigenvalue weighted by Gasteiger charge is -2.32. The van der Waals surface area contributed by atoms with Gasteiger partial charge in [-0.15, -0.1) is 19.7 Å². The summed E-state index contributed by atoms with van der Waals surface area (Å²) in [5.41, 5.74) is 0.281. The fourth-order valence-electron chi connectivity index (χ4n) is 2.63. The van der Waals surface area contributed by atoms with Crippen LogP contribution >= 0.6 is 12.2 Å². The molecule has 1 nitrogen and oxygen atoms in total. The highest BCUT2D eigenvalue weighted by atomic mass is 32.1. The van der Waals surface area contributed by atoms with E-state index in [1.807, 2.05) is 18.2 Å². The van der Waals surface area contributed by atoms with E-state index in [0.717, 1.165) is 38.5 Å². The average molecular weight is 280 g/mol. The first-order valence-corrected chi connectivity index (χ1v) is 7.55. The maximum absolute atomic E-state index is 9.05. The van der Waals surface area contributed by atoms with Crippen LogP contribution in [0.3, 0.4) is 0 Å².